The summed E-state index contributed by atoms with van der Waals surface area (Å²) in [5.74, 6) is 1.34. The fourth-order valence-corrected chi connectivity index (χ4v) is 2.39. The van der Waals surface area contributed by atoms with Crippen LogP contribution in [-0.2, 0) is 6.54 Å². The number of aryl methyl sites for hydroxylation is 1. The zero-order valence-corrected chi connectivity index (χ0v) is 12.5. The number of aromatic nitrogens is 2. The lowest BCUT2D eigenvalue weighted by molar-refractivity contribution is 0.468. The van der Waals surface area contributed by atoms with Crippen molar-refractivity contribution in [3.63, 3.8) is 0 Å². The van der Waals surface area contributed by atoms with Gasteiger partial charge in [-0.15, -0.1) is 5.10 Å². The zero-order valence-electron chi connectivity index (χ0n) is 11.7. The van der Waals surface area contributed by atoms with Gasteiger partial charge in [0.05, 0.1) is 0 Å². The lowest BCUT2D eigenvalue weighted by Gasteiger charge is -2.10. The molecule has 102 valence electrons. The van der Waals surface area contributed by atoms with Crippen LogP contribution >= 0.6 is 11.3 Å². The Balaban J connectivity index is 2.19. The molecule has 19 heavy (non-hydrogen) atoms. The normalized spacial score (nSPS) is 11.0. The van der Waals surface area contributed by atoms with E-state index in [9.17, 15) is 0 Å². The van der Waals surface area contributed by atoms with Gasteiger partial charge in [-0.2, -0.15) is 0 Å². The maximum absolute atomic E-state index is 5.84. The quantitative estimate of drug-likeness (QED) is 0.909. The SMILES string of the molecule is CNCc1nnc(Oc2cc(C(C)C)ccc2C)s1. The van der Waals surface area contributed by atoms with E-state index in [-0.39, 0.29) is 0 Å². The lowest BCUT2D eigenvalue weighted by Crippen LogP contribution is -2.04. The molecule has 0 radical (unpaired) electrons. The van der Waals surface area contributed by atoms with E-state index in [1.807, 2.05) is 14.0 Å². The van der Waals surface area contributed by atoms with Crippen LogP contribution in [0.25, 0.3) is 0 Å². The van der Waals surface area contributed by atoms with Crippen molar-refractivity contribution in [1.29, 1.82) is 0 Å². The van der Waals surface area contributed by atoms with E-state index < -0.39 is 0 Å². The van der Waals surface area contributed by atoms with Crippen LogP contribution in [-0.4, -0.2) is 17.2 Å². The molecule has 0 atom stereocenters. The molecule has 0 saturated heterocycles. The molecule has 2 aromatic rings. The highest BCUT2D eigenvalue weighted by molar-refractivity contribution is 7.13. The largest absolute Gasteiger partial charge is 0.430 e. The third-order valence-electron chi connectivity index (χ3n) is 2.85. The van der Waals surface area contributed by atoms with E-state index in [4.69, 9.17) is 4.74 Å². The molecule has 0 saturated carbocycles. The number of hydrogen-bond donors (Lipinski definition) is 1. The highest BCUT2D eigenvalue weighted by atomic mass is 32.1. The third kappa shape index (κ3) is 3.52. The molecule has 0 aliphatic rings. The fourth-order valence-electron chi connectivity index (χ4n) is 1.68. The molecule has 0 bridgehead atoms. The van der Waals surface area contributed by atoms with Gasteiger partial charge in [0.15, 0.2) is 0 Å². The molecule has 0 amide bonds. The van der Waals surface area contributed by atoms with Gasteiger partial charge >= 0.3 is 0 Å². The summed E-state index contributed by atoms with van der Waals surface area (Å²) >= 11 is 1.47. The van der Waals surface area contributed by atoms with E-state index in [0.29, 0.717) is 17.7 Å². The van der Waals surface area contributed by atoms with E-state index in [2.05, 4.69) is 47.6 Å². The van der Waals surface area contributed by atoms with Crippen molar-refractivity contribution in [3.05, 3.63) is 34.3 Å². The van der Waals surface area contributed by atoms with Crippen LogP contribution in [0.5, 0.6) is 10.9 Å². The van der Waals surface area contributed by atoms with Gasteiger partial charge < -0.3 is 10.1 Å². The molecule has 2 rings (SSSR count). The number of rotatable bonds is 5. The maximum atomic E-state index is 5.84. The molecular formula is C14H19N3OS. The predicted octanol–water partition coefficient (Wildman–Crippen LogP) is 3.48. The van der Waals surface area contributed by atoms with Gasteiger partial charge in [-0.1, -0.05) is 42.4 Å². The van der Waals surface area contributed by atoms with Gasteiger partial charge in [0, 0.05) is 6.54 Å². The van der Waals surface area contributed by atoms with Gasteiger partial charge in [0.1, 0.15) is 10.8 Å². The fraction of sp³-hybridized carbons (Fsp3) is 0.429. The summed E-state index contributed by atoms with van der Waals surface area (Å²) in [6, 6.07) is 6.30. The Morgan fingerprint density at radius 1 is 1.32 bits per heavy atom. The van der Waals surface area contributed by atoms with Gasteiger partial charge in [-0.25, -0.2) is 0 Å². The minimum atomic E-state index is 0.484. The number of nitrogens with one attached hydrogen (secondary N) is 1. The number of ether oxygens (including phenoxy) is 1. The van der Waals surface area contributed by atoms with Crippen LogP contribution in [0.1, 0.15) is 35.9 Å². The molecule has 0 fully saturated rings. The first-order valence-electron chi connectivity index (χ1n) is 6.35. The van der Waals surface area contributed by atoms with E-state index in [1.165, 1.54) is 16.9 Å². The smallest absolute Gasteiger partial charge is 0.299 e. The molecule has 1 aromatic carbocycles. The van der Waals surface area contributed by atoms with Gasteiger partial charge in [-0.05, 0) is 37.1 Å². The Bertz CT molecular complexity index is 551. The molecule has 5 heteroatoms. The zero-order chi connectivity index (χ0) is 13.8. The van der Waals surface area contributed by atoms with Crippen molar-refractivity contribution in [2.75, 3.05) is 7.05 Å². The maximum Gasteiger partial charge on any atom is 0.299 e. The van der Waals surface area contributed by atoms with Gasteiger partial charge in [0.2, 0.25) is 0 Å². The van der Waals surface area contributed by atoms with E-state index >= 15 is 0 Å². The summed E-state index contributed by atoms with van der Waals surface area (Å²) in [7, 11) is 1.89. The second-order valence-electron chi connectivity index (χ2n) is 4.77. The first-order chi connectivity index (χ1) is 9.10. The summed E-state index contributed by atoms with van der Waals surface area (Å²) < 4.78 is 5.84. The molecule has 4 nitrogen and oxygen atoms in total. The van der Waals surface area contributed by atoms with Gasteiger partial charge in [-0.3, -0.25) is 0 Å². The van der Waals surface area contributed by atoms with Crippen molar-refractivity contribution in [1.82, 2.24) is 15.5 Å². The second kappa shape index (κ2) is 6.12. The van der Waals surface area contributed by atoms with Crippen LogP contribution in [0.15, 0.2) is 18.2 Å². The summed E-state index contributed by atoms with van der Waals surface area (Å²) in [6.07, 6.45) is 0. The Hall–Kier alpha value is -1.46. The molecule has 1 heterocycles. The average molecular weight is 277 g/mol. The average Bonchev–Trinajstić information content (AvgIpc) is 2.80. The minimum Gasteiger partial charge on any atom is -0.430 e. The molecule has 1 N–H and O–H groups in total. The summed E-state index contributed by atoms with van der Waals surface area (Å²) in [6.45, 7) is 7.09. The van der Waals surface area contributed by atoms with E-state index in [1.54, 1.807) is 0 Å². The highest BCUT2D eigenvalue weighted by Crippen LogP contribution is 2.30. The number of nitrogens with zero attached hydrogens (tertiary/aromatic N) is 2. The highest BCUT2D eigenvalue weighted by Gasteiger charge is 2.09. The van der Waals surface area contributed by atoms with Crippen molar-refractivity contribution < 1.29 is 4.74 Å². The lowest BCUT2D eigenvalue weighted by atomic mass is 10.0. The molecule has 0 spiro atoms. The third-order valence-corrected chi connectivity index (χ3v) is 3.65. The predicted molar refractivity (Wildman–Crippen MR) is 78.0 cm³/mol. The number of hydrogen-bond acceptors (Lipinski definition) is 5. The van der Waals surface area contributed by atoms with E-state index in [0.717, 1.165) is 16.3 Å². The monoisotopic (exact) mass is 277 g/mol. The Morgan fingerprint density at radius 2 is 2.11 bits per heavy atom. The molecule has 0 aliphatic heterocycles. The van der Waals surface area contributed by atoms with Crippen molar-refractivity contribution in [2.24, 2.45) is 0 Å². The minimum absolute atomic E-state index is 0.484. The molecule has 0 aliphatic carbocycles. The van der Waals surface area contributed by atoms with Crippen LogP contribution < -0.4 is 10.1 Å². The molecular weight excluding hydrogens is 258 g/mol. The Morgan fingerprint density at radius 3 is 2.79 bits per heavy atom. The Labute approximate surface area is 117 Å². The van der Waals surface area contributed by atoms with Crippen LogP contribution in [0, 0.1) is 6.92 Å². The van der Waals surface area contributed by atoms with Crippen LogP contribution in [0.4, 0.5) is 0 Å². The van der Waals surface area contributed by atoms with Crippen molar-refractivity contribution in [3.8, 4) is 10.9 Å². The Kier molecular flexibility index (Phi) is 4.50. The van der Waals surface area contributed by atoms with Crippen LogP contribution in [0.2, 0.25) is 0 Å². The topological polar surface area (TPSA) is 47.0 Å². The van der Waals surface area contributed by atoms with Gasteiger partial charge in [0.25, 0.3) is 5.19 Å². The first-order valence-corrected chi connectivity index (χ1v) is 7.17. The van der Waals surface area contributed by atoms with Crippen molar-refractivity contribution >= 4 is 11.3 Å². The second-order valence-corrected chi connectivity index (χ2v) is 5.80. The molecule has 1 aromatic heterocycles. The summed E-state index contributed by atoms with van der Waals surface area (Å²) in [5, 5.41) is 12.7. The van der Waals surface area contributed by atoms with Crippen molar-refractivity contribution in [2.45, 2.75) is 33.2 Å². The summed E-state index contributed by atoms with van der Waals surface area (Å²) in [5.41, 5.74) is 2.37. The number of benzene rings is 1. The molecule has 0 unspecified atom stereocenters. The first kappa shape index (κ1) is 14.0. The summed E-state index contributed by atoms with van der Waals surface area (Å²) in [4.78, 5) is 0. The standard InChI is InChI=1S/C14H19N3OS/c1-9(2)11-6-5-10(3)12(7-11)18-14-17-16-13(19-14)8-15-4/h5-7,9,15H,8H2,1-4H3. The van der Waals surface area contributed by atoms with Crippen LogP contribution in [0.3, 0.4) is 0 Å².